The van der Waals surface area contributed by atoms with Gasteiger partial charge in [-0.25, -0.2) is 0 Å². The van der Waals surface area contributed by atoms with Gasteiger partial charge < -0.3 is 10.6 Å². The Morgan fingerprint density at radius 2 is 1.85 bits per heavy atom. The molecule has 2 rings (SSSR count). The monoisotopic (exact) mass is 274 g/mol. The van der Waals surface area contributed by atoms with E-state index in [9.17, 15) is 4.79 Å². The molecule has 1 amide bonds. The summed E-state index contributed by atoms with van der Waals surface area (Å²) in [6.07, 6.45) is 6.66. The van der Waals surface area contributed by atoms with Crippen LogP contribution >= 0.6 is 0 Å². The third kappa shape index (κ3) is 4.64. The van der Waals surface area contributed by atoms with Gasteiger partial charge in [0, 0.05) is 26.1 Å². The number of carbonyl (C=O) groups excluding carboxylic acids is 1. The molecule has 3 nitrogen and oxygen atoms in total. The highest BCUT2D eigenvalue weighted by atomic mass is 16.2. The smallest absolute Gasteiger partial charge is 0.222 e. The lowest BCUT2D eigenvalue weighted by atomic mass is 10.0. The molecular formula is C17H26N2O. The SMILES string of the molecule is NCCN(CCc1ccccc1)C(=O)CC1CCCC1. The molecule has 0 aliphatic heterocycles. The van der Waals surface area contributed by atoms with Gasteiger partial charge in [-0.2, -0.15) is 0 Å². The molecular weight excluding hydrogens is 248 g/mol. The van der Waals surface area contributed by atoms with Crippen molar-refractivity contribution in [1.29, 1.82) is 0 Å². The fourth-order valence-electron chi connectivity index (χ4n) is 3.02. The van der Waals surface area contributed by atoms with E-state index in [1.54, 1.807) is 0 Å². The largest absolute Gasteiger partial charge is 0.341 e. The summed E-state index contributed by atoms with van der Waals surface area (Å²) in [5, 5.41) is 0. The van der Waals surface area contributed by atoms with Crippen molar-refractivity contribution in [2.45, 2.75) is 38.5 Å². The average molecular weight is 274 g/mol. The van der Waals surface area contributed by atoms with E-state index < -0.39 is 0 Å². The van der Waals surface area contributed by atoms with E-state index in [-0.39, 0.29) is 0 Å². The van der Waals surface area contributed by atoms with Gasteiger partial charge in [-0.15, -0.1) is 0 Å². The summed E-state index contributed by atoms with van der Waals surface area (Å²) in [5.74, 6) is 0.901. The number of rotatable bonds is 7. The lowest BCUT2D eigenvalue weighted by Gasteiger charge is -2.23. The number of carbonyl (C=O) groups is 1. The minimum Gasteiger partial charge on any atom is -0.341 e. The molecule has 0 bridgehead atoms. The highest BCUT2D eigenvalue weighted by Gasteiger charge is 2.21. The molecule has 2 N–H and O–H groups in total. The standard InChI is InChI=1S/C17H26N2O/c18-11-13-19(12-10-15-6-2-1-3-7-15)17(20)14-16-8-4-5-9-16/h1-3,6-7,16H,4-5,8-14,18H2. The number of nitrogens with zero attached hydrogens (tertiary/aromatic N) is 1. The zero-order chi connectivity index (χ0) is 14.2. The Kier molecular flexibility index (Phi) is 6.06. The van der Waals surface area contributed by atoms with Crippen molar-refractivity contribution in [3.63, 3.8) is 0 Å². The van der Waals surface area contributed by atoms with E-state index in [0.29, 0.717) is 24.9 Å². The van der Waals surface area contributed by atoms with Crippen molar-refractivity contribution >= 4 is 5.91 Å². The van der Waals surface area contributed by atoms with Gasteiger partial charge in [0.15, 0.2) is 0 Å². The van der Waals surface area contributed by atoms with Gasteiger partial charge in [0.05, 0.1) is 0 Å². The quantitative estimate of drug-likeness (QED) is 0.830. The maximum absolute atomic E-state index is 12.4. The van der Waals surface area contributed by atoms with Crippen LogP contribution in [0.5, 0.6) is 0 Å². The Bertz CT molecular complexity index is 399. The van der Waals surface area contributed by atoms with Gasteiger partial charge in [0.25, 0.3) is 0 Å². The summed E-state index contributed by atoms with van der Waals surface area (Å²) >= 11 is 0. The van der Waals surface area contributed by atoms with Crippen LogP contribution in [0.2, 0.25) is 0 Å². The van der Waals surface area contributed by atoms with Gasteiger partial charge >= 0.3 is 0 Å². The second kappa shape index (κ2) is 8.05. The van der Waals surface area contributed by atoms with E-state index >= 15 is 0 Å². The first kappa shape index (κ1) is 15.0. The van der Waals surface area contributed by atoms with Crippen LogP contribution in [0.4, 0.5) is 0 Å². The summed E-state index contributed by atoms with van der Waals surface area (Å²) in [5.41, 5.74) is 6.93. The Labute approximate surface area is 122 Å². The minimum absolute atomic E-state index is 0.290. The first-order chi connectivity index (χ1) is 9.79. The van der Waals surface area contributed by atoms with Crippen LogP contribution < -0.4 is 5.73 Å². The Morgan fingerprint density at radius 1 is 1.15 bits per heavy atom. The summed E-state index contributed by atoms with van der Waals surface area (Å²) in [4.78, 5) is 14.3. The molecule has 0 atom stereocenters. The topological polar surface area (TPSA) is 46.3 Å². The van der Waals surface area contributed by atoms with Crippen molar-refractivity contribution < 1.29 is 4.79 Å². The minimum atomic E-state index is 0.290. The summed E-state index contributed by atoms with van der Waals surface area (Å²) in [6, 6.07) is 10.3. The highest BCUT2D eigenvalue weighted by Crippen LogP contribution is 2.28. The van der Waals surface area contributed by atoms with Crippen LogP contribution in [0.1, 0.15) is 37.7 Å². The first-order valence-corrected chi connectivity index (χ1v) is 7.81. The van der Waals surface area contributed by atoms with Crippen molar-refractivity contribution in [3.05, 3.63) is 35.9 Å². The van der Waals surface area contributed by atoms with Crippen LogP contribution in [0.15, 0.2) is 30.3 Å². The Morgan fingerprint density at radius 3 is 2.50 bits per heavy atom. The van der Waals surface area contributed by atoms with E-state index in [0.717, 1.165) is 19.4 Å². The van der Waals surface area contributed by atoms with Gasteiger partial charge in [0.2, 0.25) is 5.91 Å². The molecule has 0 aromatic heterocycles. The fraction of sp³-hybridized carbons (Fsp3) is 0.588. The van der Waals surface area contributed by atoms with Crippen molar-refractivity contribution in [1.82, 2.24) is 4.90 Å². The van der Waals surface area contributed by atoms with Crippen LogP contribution in [-0.4, -0.2) is 30.4 Å². The second-order valence-electron chi connectivity index (χ2n) is 5.76. The molecule has 1 aliphatic rings. The third-order valence-corrected chi connectivity index (χ3v) is 4.20. The van der Waals surface area contributed by atoms with Gasteiger partial charge in [0.1, 0.15) is 0 Å². The van der Waals surface area contributed by atoms with E-state index in [4.69, 9.17) is 5.73 Å². The summed E-state index contributed by atoms with van der Waals surface area (Å²) < 4.78 is 0. The molecule has 0 spiro atoms. The van der Waals surface area contributed by atoms with Gasteiger partial charge in [-0.3, -0.25) is 4.79 Å². The first-order valence-electron chi connectivity index (χ1n) is 7.81. The van der Waals surface area contributed by atoms with Crippen LogP contribution in [0.25, 0.3) is 0 Å². The maximum Gasteiger partial charge on any atom is 0.222 e. The van der Waals surface area contributed by atoms with Crippen molar-refractivity contribution in [3.8, 4) is 0 Å². The van der Waals surface area contributed by atoms with Crippen LogP contribution in [0.3, 0.4) is 0 Å². The molecule has 110 valence electrons. The molecule has 1 aromatic carbocycles. The molecule has 1 aliphatic carbocycles. The lowest BCUT2D eigenvalue weighted by Crippen LogP contribution is -2.37. The van der Waals surface area contributed by atoms with E-state index in [1.807, 2.05) is 23.1 Å². The molecule has 3 heteroatoms. The van der Waals surface area contributed by atoms with E-state index in [2.05, 4.69) is 12.1 Å². The number of amides is 1. The maximum atomic E-state index is 12.4. The molecule has 1 fully saturated rings. The zero-order valence-electron chi connectivity index (χ0n) is 12.3. The molecule has 1 saturated carbocycles. The number of hydrogen-bond acceptors (Lipinski definition) is 2. The second-order valence-corrected chi connectivity index (χ2v) is 5.76. The molecule has 1 aromatic rings. The average Bonchev–Trinajstić information content (AvgIpc) is 2.97. The normalized spacial score (nSPS) is 15.4. The number of hydrogen-bond donors (Lipinski definition) is 1. The van der Waals surface area contributed by atoms with Crippen molar-refractivity contribution in [2.24, 2.45) is 11.7 Å². The van der Waals surface area contributed by atoms with Crippen LogP contribution in [0, 0.1) is 5.92 Å². The highest BCUT2D eigenvalue weighted by molar-refractivity contribution is 5.76. The summed E-state index contributed by atoms with van der Waals surface area (Å²) in [6.45, 7) is 2.01. The van der Waals surface area contributed by atoms with Gasteiger partial charge in [-0.05, 0) is 30.7 Å². The predicted octanol–water partition coefficient (Wildman–Crippen LogP) is 2.60. The molecule has 0 radical (unpaired) electrons. The molecule has 20 heavy (non-hydrogen) atoms. The number of benzene rings is 1. The predicted molar refractivity (Wildman–Crippen MR) is 82.4 cm³/mol. The molecule has 0 unspecified atom stereocenters. The summed E-state index contributed by atoms with van der Waals surface area (Å²) in [7, 11) is 0. The van der Waals surface area contributed by atoms with E-state index in [1.165, 1.54) is 31.2 Å². The Hall–Kier alpha value is -1.35. The fourth-order valence-corrected chi connectivity index (χ4v) is 3.02. The third-order valence-electron chi connectivity index (χ3n) is 4.20. The Balaban J connectivity index is 1.83. The lowest BCUT2D eigenvalue weighted by molar-refractivity contribution is -0.132. The number of nitrogens with two attached hydrogens (primary N) is 1. The molecule has 0 heterocycles. The van der Waals surface area contributed by atoms with Gasteiger partial charge in [-0.1, -0.05) is 43.2 Å². The molecule has 0 saturated heterocycles. The van der Waals surface area contributed by atoms with Crippen molar-refractivity contribution in [2.75, 3.05) is 19.6 Å². The zero-order valence-corrected chi connectivity index (χ0v) is 12.3. The van der Waals surface area contributed by atoms with Crippen LogP contribution in [-0.2, 0) is 11.2 Å².